The van der Waals surface area contributed by atoms with Gasteiger partial charge in [-0.05, 0) is 36.2 Å². The molecule has 32 heavy (non-hydrogen) atoms. The standard InChI is InChI=1S/C23H20FN3O4S/c1-13-6-5-7-14(10-13)26-18(28)12-32-22-16(11-25)19(15-8-3-4-9-17(15)24)20(21(29)27-22)23(30)31-2/h3-10,19-20H,12H2,1-2H3,(H,26,28)(H,27,29)/t19-,20+/m0/s1. The van der Waals surface area contributed by atoms with Gasteiger partial charge in [0, 0.05) is 11.6 Å². The number of carbonyl (C=O) groups excluding carboxylic acids is 3. The summed E-state index contributed by atoms with van der Waals surface area (Å²) >= 11 is 0.930. The Balaban J connectivity index is 1.91. The second kappa shape index (κ2) is 10.1. The number of allylic oxidation sites excluding steroid dienone is 1. The van der Waals surface area contributed by atoms with Crippen LogP contribution in [0.3, 0.4) is 0 Å². The number of ether oxygens (including phenoxy) is 1. The number of benzene rings is 2. The van der Waals surface area contributed by atoms with E-state index in [1.165, 1.54) is 18.2 Å². The molecule has 0 bridgehead atoms. The molecular formula is C23H20FN3O4S. The first kappa shape index (κ1) is 23.0. The number of hydrogen-bond donors (Lipinski definition) is 2. The quantitative estimate of drug-likeness (QED) is 0.514. The fourth-order valence-corrected chi connectivity index (χ4v) is 4.29. The van der Waals surface area contributed by atoms with Gasteiger partial charge < -0.3 is 15.4 Å². The molecule has 0 spiro atoms. The maximum atomic E-state index is 14.6. The van der Waals surface area contributed by atoms with Crippen LogP contribution >= 0.6 is 11.8 Å². The average molecular weight is 453 g/mol. The molecule has 2 N–H and O–H groups in total. The molecule has 9 heteroatoms. The number of amides is 2. The normalized spacial score (nSPS) is 17.9. The van der Waals surface area contributed by atoms with Gasteiger partial charge in [-0.25, -0.2) is 4.39 Å². The number of rotatable bonds is 6. The molecule has 2 atom stereocenters. The zero-order valence-electron chi connectivity index (χ0n) is 17.3. The molecule has 0 aliphatic carbocycles. The number of aryl methyl sites for hydroxylation is 1. The van der Waals surface area contributed by atoms with Crippen molar-refractivity contribution in [2.24, 2.45) is 5.92 Å². The zero-order chi connectivity index (χ0) is 23.3. The van der Waals surface area contributed by atoms with Gasteiger partial charge in [0.05, 0.1) is 29.5 Å². The number of nitriles is 1. The highest BCUT2D eigenvalue weighted by atomic mass is 32.2. The number of methoxy groups -OCH3 is 1. The first-order valence-corrected chi connectivity index (χ1v) is 10.6. The predicted octanol–water partition coefficient (Wildman–Crippen LogP) is 3.24. The SMILES string of the molecule is COC(=O)[C@H]1C(=O)NC(SCC(=O)Nc2cccc(C)c2)=C(C#N)[C@@H]1c1ccccc1F. The minimum absolute atomic E-state index is 0.0153. The fraction of sp³-hybridized carbons (Fsp3) is 0.217. The Hall–Kier alpha value is -3.64. The van der Waals surface area contributed by atoms with E-state index in [0.29, 0.717) is 5.69 Å². The van der Waals surface area contributed by atoms with Gasteiger partial charge in [-0.3, -0.25) is 14.4 Å². The summed E-state index contributed by atoms with van der Waals surface area (Å²) < 4.78 is 19.3. The van der Waals surface area contributed by atoms with Crippen molar-refractivity contribution in [1.29, 1.82) is 5.26 Å². The van der Waals surface area contributed by atoms with E-state index in [2.05, 4.69) is 10.6 Å². The van der Waals surface area contributed by atoms with Gasteiger partial charge in [-0.15, -0.1) is 0 Å². The minimum Gasteiger partial charge on any atom is -0.468 e. The van der Waals surface area contributed by atoms with Crippen molar-refractivity contribution in [3.63, 3.8) is 0 Å². The van der Waals surface area contributed by atoms with Crippen LogP contribution in [0.1, 0.15) is 17.0 Å². The summed E-state index contributed by atoms with van der Waals surface area (Å²) in [6, 6.07) is 14.9. The molecule has 7 nitrogen and oxygen atoms in total. The molecule has 2 amide bonds. The minimum atomic E-state index is -1.43. The maximum absolute atomic E-state index is 14.6. The van der Waals surface area contributed by atoms with Gasteiger partial charge in [-0.1, -0.05) is 42.1 Å². The van der Waals surface area contributed by atoms with Crippen LogP contribution in [-0.4, -0.2) is 30.6 Å². The summed E-state index contributed by atoms with van der Waals surface area (Å²) in [6.45, 7) is 1.90. The molecule has 2 aromatic carbocycles. The smallest absolute Gasteiger partial charge is 0.319 e. The Labute approximate surface area is 188 Å². The summed E-state index contributed by atoms with van der Waals surface area (Å²) in [6.07, 6.45) is 0. The molecule has 0 radical (unpaired) electrons. The number of nitrogens with one attached hydrogen (secondary N) is 2. The van der Waals surface area contributed by atoms with Gasteiger partial charge in [0.25, 0.3) is 0 Å². The highest BCUT2D eigenvalue weighted by Gasteiger charge is 2.45. The Bertz CT molecular complexity index is 1140. The molecule has 3 rings (SSSR count). The van der Waals surface area contributed by atoms with E-state index in [1.54, 1.807) is 18.2 Å². The molecule has 2 aromatic rings. The van der Waals surface area contributed by atoms with E-state index in [0.717, 1.165) is 24.4 Å². The van der Waals surface area contributed by atoms with Gasteiger partial charge in [0.1, 0.15) is 11.7 Å². The lowest BCUT2D eigenvalue weighted by molar-refractivity contribution is -0.150. The molecule has 0 unspecified atom stereocenters. The molecule has 164 valence electrons. The van der Waals surface area contributed by atoms with Crippen molar-refractivity contribution in [2.45, 2.75) is 12.8 Å². The van der Waals surface area contributed by atoms with Crippen LogP contribution < -0.4 is 10.6 Å². The van der Waals surface area contributed by atoms with Crippen LogP contribution in [0.15, 0.2) is 59.1 Å². The molecule has 1 aliphatic heterocycles. The summed E-state index contributed by atoms with van der Waals surface area (Å²) in [5.41, 5.74) is 1.61. The van der Waals surface area contributed by atoms with E-state index in [9.17, 15) is 24.0 Å². The van der Waals surface area contributed by atoms with E-state index >= 15 is 0 Å². The number of carbonyl (C=O) groups is 3. The number of anilines is 1. The van der Waals surface area contributed by atoms with Gasteiger partial charge in [0.2, 0.25) is 11.8 Å². The third-order valence-electron chi connectivity index (χ3n) is 4.87. The number of hydrogen-bond acceptors (Lipinski definition) is 6. The van der Waals surface area contributed by atoms with Crippen LogP contribution in [0.2, 0.25) is 0 Å². The van der Waals surface area contributed by atoms with Crippen molar-refractivity contribution in [1.82, 2.24) is 5.32 Å². The average Bonchev–Trinajstić information content (AvgIpc) is 2.77. The lowest BCUT2D eigenvalue weighted by atomic mass is 9.78. The largest absolute Gasteiger partial charge is 0.468 e. The summed E-state index contributed by atoms with van der Waals surface area (Å²) in [5, 5.41) is 15.2. The van der Waals surface area contributed by atoms with Crippen molar-refractivity contribution in [3.8, 4) is 6.07 Å². The number of thioether (sulfide) groups is 1. The third-order valence-corrected chi connectivity index (χ3v) is 5.89. The molecule has 0 saturated carbocycles. The van der Waals surface area contributed by atoms with Gasteiger partial charge >= 0.3 is 5.97 Å². The molecular weight excluding hydrogens is 433 g/mol. The molecule has 1 aliphatic rings. The van der Waals surface area contributed by atoms with Crippen LogP contribution in [0.5, 0.6) is 0 Å². The second-order valence-corrected chi connectivity index (χ2v) is 8.04. The van der Waals surface area contributed by atoms with Crippen molar-refractivity contribution in [2.75, 3.05) is 18.2 Å². The van der Waals surface area contributed by atoms with Crippen molar-refractivity contribution >= 4 is 35.2 Å². The van der Waals surface area contributed by atoms with E-state index < -0.39 is 29.5 Å². The topological polar surface area (TPSA) is 108 Å². The number of nitrogens with zero attached hydrogens (tertiary/aromatic N) is 1. The summed E-state index contributed by atoms with van der Waals surface area (Å²) in [5.74, 6) is -5.34. The molecule has 1 heterocycles. The predicted molar refractivity (Wildman–Crippen MR) is 118 cm³/mol. The van der Waals surface area contributed by atoms with Gasteiger partial charge in [-0.2, -0.15) is 5.26 Å². The monoisotopic (exact) mass is 453 g/mol. The lowest BCUT2D eigenvalue weighted by Crippen LogP contribution is -2.44. The van der Waals surface area contributed by atoms with Crippen LogP contribution in [-0.2, 0) is 19.1 Å². The Morgan fingerprint density at radius 1 is 1.25 bits per heavy atom. The Kier molecular flexibility index (Phi) is 7.28. The van der Waals surface area contributed by atoms with Crippen molar-refractivity contribution < 1.29 is 23.5 Å². The van der Waals surface area contributed by atoms with Crippen molar-refractivity contribution in [3.05, 3.63) is 76.1 Å². The highest BCUT2D eigenvalue weighted by Crippen LogP contribution is 2.41. The second-order valence-electron chi connectivity index (χ2n) is 7.05. The lowest BCUT2D eigenvalue weighted by Gasteiger charge is -2.31. The van der Waals surface area contributed by atoms with Crippen LogP contribution in [0.4, 0.5) is 10.1 Å². The van der Waals surface area contributed by atoms with E-state index in [1.807, 2.05) is 25.1 Å². The maximum Gasteiger partial charge on any atom is 0.319 e. The summed E-state index contributed by atoms with van der Waals surface area (Å²) in [7, 11) is 1.11. The van der Waals surface area contributed by atoms with E-state index in [4.69, 9.17) is 4.74 Å². The first-order valence-electron chi connectivity index (χ1n) is 9.62. The number of halogens is 1. The number of esters is 1. The molecule has 0 aromatic heterocycles. The van der Waals surface area contributed by atoms with E-state index in [-0.39, 0.29) is 27.8 Å². The highest BCUT2D eigenvalue weighted by molar-refractivity contribution is 8.03. The fourth-order valence-electron chi connectivity index (χ4n) is 3.44. The van der Waals surface area contributed by atoms with Crippen LogP contribution in [0, 0.1) is 30.0 Å². The first-order chi connectivity index (χ1) is 15.3. The van der Waals surface area contributed by atoms with Gasteiger partial charge in [0.15, 0.2) is 0 Å². The Morgan fingerprint density at radius 2 is 2.00 bits per heavy atom. The summed E-state index contributed by atoms with van der Waals surface area (Å²) in [4.78, 5) is 37.5. The van der Waals surface area contributed by atoms with Crippen LogP contribution in [0.25, 0.3) is 0 Å². The Morgan fingerprint density at radius 3 is 2.66 bits per heavy atom. The molecule has 0 fully saturated rings. The zero-order valence-corrected chi connectivity index (χ0v) is 18.2. The third kappa shape index (κ3) is 4.98. The molecule has 0 saturated heterocycles.